The Kier molecular flexibility index (Phi) is 2.26. The Morgan fingerprint density at radius 3 is 3.08 bits per heavy atom. The molecule has 13 heavy (non-hydrogen) atoms. The molecule has 1 heterocycles. The molecule has 1 atom stereocenters. The third-order valence-corrected chi connectivity index (χ3v) is 2.96. The van der Waals surface area contributed by atoms with Crippen molar-refractivity contribution >= 4 is 15.9 Å². The SMILES string of the molecule is N[C@H]1CCOc2ccc(F)c(Br)c21. The molecule has 0 amide bonds. The molecule has 0 spiro atoms. The molecule has 0 radical (unpaired) electrons. The van der Waals surface area contributed by atoms with Crippen molar-refractivity contribution in [3.63, 3.8) is 0 Å². The van der Waals surface area contributed by atoms with Crippen LogP contribution in [-0.2, 0) is 0 Å². The van der Waals surface area contributed by atoms with Gasteiger partial charge in [0.1, 0.15) is 11.6 Å². The van der Waals surface area contributed by atoms with E-state index in [4.69, 9.17) is 10.5 Å². The summed E-state index contributed by atoms with van der Waals surface area (Å²) in [4.78, 5) is 0. The predicted molar refractivity (Wildman–Crippen MR) is 51.1 cm³/mol. The summed E-state index contributed by atoms with van der Waals surface area (Å²) in [5, 5.41) is 0. The van der Waals surface area contributed by atoms with Crippen molar-refractivity contribution in [2.75, 3.05) is 6.61 Å². The Hall–Kier alpha value is -0.610. The minimum atomic E-state index is -0.292. The van der Waals surface area contributed by atoms with Crippen LogP contribution < -0.4 is 10.5 Å². The average molecular weight is 246 g/mol. The number of rotatable bonds is 0. The topological polar surface area (TPSA) is 35.2 Å². The fraction of sp³-hybridized carbons (Fsp3) is 0.333. The molecule has 4 heteroatoms. The highest BCUT2D eigenvalue weighted by atomic mass is 79.9. The molecule has 2 nitrogen and oxygen atoms in total. The summed E-state index contributed by atoms with van der Waals surface area (Å²) in [7, 11) is 0. The molecule has 0 saturated carbocycles. The summed E-state index contributed by atoms with van der Waals surface area (Å²) in [6.07, 6.45) is 0.731. The van der Waals surface area contributed by atoms with Crippen LogP contribution in [0.3, 0.4) is 0 Å². The van der Waals surface area contributed by atoms with Crippen LogP contribution in [0, 0.1) is 5.82 Å². The summed E-state index contributed by atoms with van der Waals surface area (Å²) in [5.41, 5.74) is 6.58. The zero-order chi connectivity index (χ0) is 9.42. The third kappa shape index (κ3) is 1.44. The van der Waals surface area contributed by atoms with Gasteiger partial charge in [-0.15, -0.1) is 0 Å². The van der Waals surface area contributed by atoms with E-state index in [0.29, 0.717) is 16.8 Å². The zero-order valence-electron chi connectivity index (χ0n) is 6.89. The second kappa shape index (κ2) is 3.27. The Morgan fingerprint density at radius 2 is 2.31 bits per heavy atom. The lowest BCUT2D eigenvalue weighted by atomic mass is 10.0. The number of hydrogen-bond donors (Lipinski definition) is 1. The fourth-order valence-electron chi connectivity index (χ4n) is 1.46. The molecular formula is C9H9BrFNO. The van der Waals surface area contributed by atoms with Crippen molar-refractivity contribution in [2.24, 2.45) is 5.73 Å². The van der Waals surface area contributed by atoms with E-state index in [2.05, 4.69) is 15.9 Å². The molecule has 70 valence electrons. The lowest BCUT2D eigenvalue weighted by molar-refractivity contribution is 0.267. The molecule has 1 aliphatic rings. The van der Waals surface area contributed by atoms with E-state index in [1.807, 2.05) is 0 Å². The normalized spacial score (nSPS) is 20.7. The number of benzene rings is 1. The van der Waals surface area contributed by atoms with Gasteiger partial charge in [-0.1, -0.05) is 0 Å². The van der Waals surface area contributed by atoms with E-state index in [0.717, 1.165) is 12.0 Å². The van der Waals surface area contributed by atoms with Crippen molar-refractivity contribution in [1.82, 2.24) is 0 Å². The maximum absolute atomic E-state index is 13.1. The van der Waals surface area contributed by atoms with Crippen LogP contribution in [0.15, 0.2) is 16.6 Å². The van der Waals surface area contributed by atoms with Gasteiger partial charge in [-0.05, 0) is 28.1 Å². The molecule has 0 aliphatic carbocycles. The maximum atomic E-state index is 13.1. The molecule has 2 N–H and O–H groups in total. The molecule has 0 aromatic heterocycles. The van der Waals surface area contributed by atoms with Gasteiger partial charge in [0.25, 0.3) is 0 Å². The van der Waals surface area contributed by atoms with E-state index < -0.39 is 0 Å². The van der Waals surface area contributed by atoms with E-state index in [-0.39, 0.29) is 11.9 Å². The standard InChI is InChI=1S/C9H9BrFNO/c10-9-5(11)1-2-7-8(9)6(12)3-4-13-7/h1-2,6H,3-4,12H2/t6-/m0/s1. The number of ether oxygens (including phenoxy) is 1. The summed E-state index contributed by atoms with van der Waals surface area (Å²) >= 11 is 3.17. The number of fused-ring (bicyclic) bond motifs is 1. The molecule has 0 saturated heterocycles. The maximum Gasteiger partial charge on any atom is 0.137 e. The quantitative estimate of drug-likeness (QED) is 0.762. The minimum Gasteiger partial charge on any atom is -0.493 e. The zero-order valence-corrected chi connectivity index (χ0v) is 8.47. The number of hydrogen-bond acceptors (Lipinski definition) is 2. The highest BCUT2D eigenvalue weighted by Crippen LogP contribution is 2.37. The Balaban J connectivity index is 2.58. The van der Waals surface area contributed by atoms with Crippen LogP contribution in [0.1, 0.15) is 18.0 Å². The van der Waals surface area contributed by atoms with Gasteiger partial charge in [0.15, 0.2) is 0 Å². The molecular weight excluding hydrogens is 237 g/mol. The Labute approximate surface area is 84.0 Å². The first kappa shape index (κ1) is 8.97. The van der Waals surface area contributed by atoms with E-state index in [9.17, 15) is 4.39 Å². The molecule has 0 bridgehead atoms. The Morgan fingerprint density at radius 1 is 1.54 bits per heavy atom. The first-order valence-corrected chi connectivity index (χ1v) is 4.85. The minimum absolute atomic E-state index is 0.131. The van der Waals surface area contributed by atoms with Crippen LogP contribution in [-0.4, -0.2) is 6.61 Å². The van der Waals surface area contributed by atoms with Gasteiger partial charge in [0, 0.05) is 18.0 Å². The largest absolute Gasteiger partial charge is 0.493 e. The van der Waals surface area contributed by atoms with Gasteiger partial charge < -0.3 is 10.5 Å². The molecule has 0 fully saturated rings. The second-order valence-electron chi connectivity index (χ2n) is 3.02. The number of nitrogens with two attached hydrogens (primary N) is 1. The van der Waals surface area contributed by atoms with E-state index >= 15 is 0 Å². The van der Waals surface area contributed by atoms with Crippen molar-refractivity contribution < 1.29 is 9.13 Å². The van der Waals surface area contributed by atoms with Gasteiger partial charge in [-0.2, -0.15) is 0 Å². The monoisotopic (exact) mass is 245 g/mol. The predicted octanol–water partition coefficient (Wildman–Crippen LogP) is 2.37. The summed E-state index contributed by atoms with van der Waals surface area (Å²) in [6, 6.07) is 2.86. The van der Waals surface area contributed by atoms with Gasteiger partial charge in [0.05, 0.1) is 11.1 Å². The van der Waals surface area contributed by atoms with Crippen molar-refractivity contribution in [3.05, 3.63) is 28.0 Å². The molecule has 1 aromatic rings. The van der Waals surface area contributed by atoms with Gasteiger partial charge >= 0.3 is 0 Å². The van der Waals surface area contributed by atoms with Crippen LogP contribution in [0.25, 0.3) is 0 Å². The summed E-state index contributed by atoms with van der Waals surface area (Å²) in [6.45, 7) is 0.603. The average Bonchev–Trinajstić information content (AvgIpc) is 2.12. The van der Waals surface area contributed by atoms with Gasteiger partial charge in [-0.3, -0.25) is 0 Å². The van der Waals surface area contributed by atoms with Crippen LogP contribution in [0.5, 0.6) is 5.75 Å². The lowest BCUT2D eigenvalue weighted by Crippen LogP contribution is -2.21. The molecule has 2 rings (SSSR count). The first-order valence-electron chi connectivity index (χ1n) is 4.06. The van der Waals surface area contributed by atoms with Gasteiger partial charge in [0.2, 0.25) is 0 Å². The van der Waals surface area contributed by atoms with Crippen molar-refractivity contribution in [1.29, 1.82) is 0 Å². The Bertz CT molecular complexity index is 343. The second-order valence-corrected chi connectivity index (χ2v) is 3.81. The van der Waals surface area contributed by atoms with Crippen LogP contribution in [0.2, 0.25) is 0 Å². The van der Waals surface area contributed by atoms with Crippen molar-refractivity contribution in [3.8, 4) is 5.75 Å². The molecule has 1 aromatic carbocycles. The fourth-order valence-corrected chi connectivity index (χ4v) is 2.08. The highest BCUT2D eigenvalue weighted by molar-refractivity contribution is 9.10. The lowest BCUT2D eigenvalue weighted by Gasteiger charge is -2.24. The summed E-state index contributed by atoms with van der Waals surface area (Å²) < 4.78 is 18.9. The van der Waals surface area contributed by atoms with E-state index in [1.54, 1.807) is 6.07 Å². The number of halogens is 2. The molecule has 0 unspecified atom stereocenters. The highest BCUT2D eigenvalue weighted by Gasteiger charge is 2.22. The smallest absolute Gasteiger partial charge is 0.137 e. The van der Waals surface area contributed by atoms with Crippen LogP contribution >= 0.6 is 15.9 Å². The third-order valence-electron chi connectivity index (χ3n) is 2.15. The van der Waals surface area contributed by atoms with Crippen molar-refractivity contribution in [2.45, 2.75) is 12.5 Å². The summed E-state index contributed by atoms with van der Waals surface area (Å²) in [5.74, 6) is 0.395. The molecule has 1 aliphatic heterocycles. The van der Waals surface area contributed by atoms with Gasteiger partial charge in [-0.25, -0.2) is 4.39 Å². The first-order chi connectivity index (χ1) is 6.20. The van der Waals surface area contributed by atoms with Crippen LogP contribution in [0.4, 0.5) is 4.39 Å². The van der Waals surface area contributed by atoms with E-state index in [1.165, 1.54) is 6.07 Å².